The molecular formula is C21H24FN2O8PS2. The Morgan fingerprint density at radius 2 is 1.94 bits per heavy atom. The normalized spacial score (nSPS) is 37.1. The van der Waals surface area contributed by atoms with E-state index in [-0.39, 0.29) is 12.7 Å². The lowest BCUT2D eigenvalue weighted by Crippen LogP contribution is -2.47. The molecule has 1 N–H and O–H groups in total. The van der Waals surface area contributed by atoms with Crippen LogP contribution in [0.2, 0.25) is 0 Å². The summed E-state index contributed by atoms with van der Waals surface area (Å²) in [7, 11) is -1.00. The minimum Gasteiger partial charge on any atom is -0.370 e. The quantitative estimate of drug-likeness (QED) is 0.428. The number of ether oxygens (including phenoxy) is 2. The Kier molecular flexibility index (Phi) is 7.30. The van der Waals surface area contributed by atoms with E-state index < -0.39 is 49.3 Å². The maximum absolute atomic E-state index is 15.9. The lowest BCUT2D eigenvalue weighted by molar-refractivity contribution is -0.0864. The molecule has 0 spiro atoms. The van der Waals surface area contributed by atoms with Gasteiger partial charge in [-0.3, -0.25) is 27.9 Å². The highest BCUT2D eigenvalue weighted by Gasteiger charge is 2.62. The van der Waals surface area contributed by atoms with Crippen molar-refractivity contribution in [2.45, 2.75) is 49.8 Å². The van der Waals surface area contributed by atoms with Crippen molar-refractivity contribution in [3.05, 3.63) is 69.0 Å². The van der Waals surface area contributed by atoms with Crippen molar-refractivity contribution in [3.8, 4) is 0 Å². The molecule has 3 aliphatic rings. The van der Waals surface area contributed by atoms with Gasteiger partial charge < -0.3 is 9.47 Å². The van der Waals surface area contributed by atoms with E-state index >= 15 is 4.39 Å². The minimum absolute atomic E-state index is 0.250. The summed E-state index contributed by atoms with van der Waals surface area (Å²) in [6.07, 6.45) is -3.50. The smallest absolute Gasteiger partial charge is 0.370 e. The van der Waals surface area contributed by atoms with Gasteiger partial charge in [-0.05, 0) is 12.5 Å². The number of rotatable bonds is 6. The van der Waals surface area contributed by atoms with E-state index in [1.165, 1.54) is 6.92 Å². The van der Waals surface area contributed by atoms with Crippen LogP contribution in [0.4, 0.5) is 4.39 Å². The predicted octanol–water partition coefficient (Wildman–Crippen LogP) is 3.05. The molecule has 4 heterocycles. The summed E-state index contributed by atoms with van der Waals surface area (Å²) in [6, 6.07) is 10.7. The molecule has 10 nitrogen and oxygen atoms in total. The van der Waals surface area contributed by atoms with E-state index in [0.717, 1.165) is 22.4 Å². The number of nitrogens with one attached hydrogen (secondary N) is 1. The van der Waals surface area contributed by atoms with Crippen LogP contribution in [0.3, 0.4) is 0 Å². The number of fused-ring (bicyclic) bond motifs is 1. The number of aromatic amines is 1. The van der Waals surface area contributed by atoms with Crippen LogP contribution in [0.5, 0.6) is 0 Å². The molecule has 2 aromatic rings. The molecule has 1 unspecified atom stereocenters. The number of hydrogen-bond acceptors (Lipinski definition) is 10. The number of phosphoric acid groups is 1. The lowest BCUT2D eigenvalue weighted by atomic mass is 9.98. The van der Waals surface area contributed by atoms with E-state index in [1.54, 1.807) is 21.6 Å². The number of hydrogen-bond donors (Lipinski definition) is 1. The van der Waals surface area contributed by atoms with E-state index in [4.69, 9.17) is 23.0 Å². The first-order chi connectivity index (χ1) is 16.7. The van der Waals surface area contributed by atoms with Crippen molar-refractivity contribution in [2.24, 2.45) is 0 Å². The summed E-state index contributed by atoms with van der Waals surface area (Å²) < 4.78 is 58.8. The van der Waals surface area contributed by atoms with Gasteiger partial charge in [0.15, 0.2) is 11.9 Å². The maximum atomic E-state index is 15.9. The van der Waals surface area contributed by atoms with Crippen LogP contribution in [0.1, 0.15) is 18.7 Å². The Morgan fingerprint density at radius 1 is 1.20 bits per heavy atom. The van der Waals surface area contributed by atoms with Crippen molar-refractivity contribution in [2.75, 3.05) is 18.1 Å². The summed E-state index contributed by atoms with van der Waals surface area (Å²) in [5.41, 5.74) is -2.72. The molecule has 14 heteroatoms. The van der Waals surface area contributed by atoms with Gasteiger partial charge in [-0.2, -0.15) is 0 Å². The molecule has 1 aromatic heterocycles. The first kappa shape index (κ1) is 25.2. The van der Waals surface area contributed by atoms with E-state index in [9.17, 15) is 14.2 Å². The highest BCUT2D eigenvalue weighted by Crippen LogP contribution is 2.60. The Bertz CT molecular complexity index is 1210. The number of phosphoric ester groups is 1. The third-order valence-corrected chi connectivity index (χ3v) is 9.85. The Balaban J connectivity index is 1.29. The summed E-state index contributed by atoms with van der Waals surface area (Å²) in [6.45, 7) is 1.30. The Labute approximate surface area is 207 Å². The average molecular weight is 547 g/mol. The van der Waals surface area contributed by atoms with Gasteiger partial charge in [0.05, 0.1) is 19.3 Å². The van der Waals surface area contributed by atoms with Crippen LogP contribution in [0, 0.1) is 0 Å². The standard InChI is InChI=1S/C21H24FN2O8PS2/c1-21(22)18-14(30-19(21)24-8-7-17(25)23-20(24)26)10-29-33(27,32-18)31-16-12-35-34-11-15(16)28-9-13-5-3-2-4-6-13/h2-8,14-16,18-19H,9-12H2,1H3,(H,23,25,26)/t14-,15+,16+,18-,19-,21-,33?/m1/s1. The monoisotopic (exact) mass is 546 g/mol. The first-order valence-corrected chi connectivity index (χ1v) is 14.9. The zero-order valence-corrected chi connectivity index (χ0v) is 21.1. The van der Waals surface area contributed by atoms with Gasteiger partial charge >= 0.3 is 13.5 Å². The second-order valence-electron chi connectivity index (χ2n) is 8.51. The van der Waals surface area contributed by atoms with Gasteiger partial charge in [-0.15, -0.1) is 0 Å². The van der Waals surface area contributed by atoms with E-state index in [0.29, 0.717) is 18.1 Å². The number of aromatic nitrogens is 2. The van der Waals surface area contributed by atoms with Crippen molar-refractivity contribution in [1.82, 2.24) is 9.55 Å². The maximum Gasteiger partial charge on any atom is 0.475 e. The van der Waals surface area contributed by atoms with Crippen molar-refractivity contribution in [3.63, 3.8) is 0 Å². The van der Waals surface area contributed by atoms with E-state index in [1.807, 2.05) is 30.3 Å². The van der Waals surface area contributed by atoms with Crippen LogP contribution >= 0.6 is 29.4 Å². The SMILES string of the molecule is C[C@@]1(F)[C@@H]2OP(=O)(O[C@H]3CSSC[C@@H]3OCc3ccccc3)OC[C@H]2O[C@H]1n1ccc(=O)[nH]c1=O. The molecule has 3 saturated heterocycles. The van der Waals surface area contributed by atoms with Gasteiger partial charge in [-0.1, -0.05) is 51.9 Å². The molecule has 35 heavy (non-hydrogen) atoms. The second kappa shape index (κ2) is 10.1. The third kappa shape index (κ3) is 5.33. The summed E-state index contributed by atoms with van der Waals surface area (Å²) in [5, 5.41) is 0. The largest absolute Gasteiger partial charge is 0.475 e. The van der Waals surface area contributed by atoms with E-state index in [2.05, 4.69) is 4.98 Å². The molecule has 0 aliphatic carbocycles. The molecule has 5 rings (SSSR count). The predicted molar refractivity (Wildman–Crippen MR) is 128 cm³/mol. The number of H-pyrrole nitrogens is 1. The summed E-state index contributed by atoms with van der Waals surface area (Å²) in [5.74, 6) is 1.09. The van der Waals surface area contributed by atoms with Crippen LogP contribution in [0.15, 0.2) is 52.2 Å². The molecule has 0 radical (unpaired) electrons. The topological polar surface area (TPSA) is 118 Å². The van der Waals surface area contributed by atoms with Crippen molar-refractivity contribution >= 4 is 29.4 Å². The molecule has 3 aliphatic heterocycles. The van der Waals surface area contributed by atoms with Crippen LogP contribution in [-0.2, 0) is 34.2 Å². The zero-order chi connectivity index (χ0) is 24.6. The van der Waals surface area contributed by atoms with Crippen molar-refractivity contribution in [1.29, 1.82) is 0 Å². The Hall–Kier alpha value is -1.44. The highest BCUT2D eigenvalue weighted by atomic mass is 33.1. The fourth-order valence-electron chi connectivity index (χ4n) is 4.15. The lowest BCUT2D eigenvalue weighted by Gasteiger charge is -2.37. The molecule has 190 valence electrons. The molecule has 0 amide bonds. The van der Waals surface area contributed by atoms with Crippen LogP contribution < -0.4 is 11.2 Å². The average Bonchev–Trinajstić information content (AvgIpc) is 3.08. The molecule has 7 atom stereocenters. The van der Waals surface area contributed by atoms with Gasteiger partial charge in [0, 0.05) is 23.8 Å². The fourth-order valence-corrected chi connectivity index (χ4v) is 8.35. The second-order valence-corrected chi connectivity index (χ2v) is 12.6. The number of halogens is 1. The van der Waals surface area contributed by atoms with Gasteiger partial charge in [0.25, 0.3) is 5.56 Å². The van der Waals surface area contributed by atoms with Crippen molar-refractivity contribution < 1.29 is 32.0 Å². The molecule has 1 aromatic carbocycles. The first-order valence-electron chi connectivity index (χ1n) is 10.9. The number of benzene rings is 1. The van der Waals surface area contributed by atoms with Crippen LogP contribution in [0.25, 0.3) is 0 Å². The minimum atomic E-state index is -4.17. The summed E-state index contributed by atoms with van der Waals surface area (Å²) in [4.78, 5) is 25.7. The third-order valence-electron chi connectivity index (χ3n) is 5.96. The molecule has 0 saturated carbocycles. The number of alkyl halides is 1. The fraction of sp³-hybridized carbons (Fsp3) is 0.524. The number of nitrogens with zero attached hydrogens (tertiary/aromatic N) is 1. The Morgan fingerprint density at radius 3 is 2.69 bits per heavy atom. The molecule has 3 fully saturated rings. The highest BCUT2D eigenvalue weighted by molar-refractivity contribution is 8.76. The van der Waals surface area contributed by atoms with Gasteiger partial charge in [0.2, 0.25) is 0 Å². The molecule has 0 bridgehead atoms. The van der Waals surface area contributed by atoms with Crippen LogP contribution in [-0.4, -0.2) is 57.7 Å². The van der Waals surface area contributed by atoms with Gasteiger partial charge in [-0.25, -0.2) is 13.8 Å². The molecular weight excluding hydrogens is 522 g/mol. The van der Waals surface area contributed by atoms with Gasteiger partial charge in [0.1, 0.15) is 18.3 Å². The summed E-state index contributed by atoms with van der Waals surface area (Å²) >= 11 is 0. The zero-order valence-electron chi connectivity index (χ0n) is 18.6.